The van der Waals surface area contributed by atoms with Crippen LogP contribution in [0, 0.1) is 5.92 Å². The third-order valence-electron chi connectivity index (χ3n) is 11.1. The van der Waals surface area contributed by atoms with E-state index in [0.717, 1.165) is 87.4 Å². The molecular formula is C43H55N5O7. The number of aromatic amines is 1. The number of likely N-dealkylation sites (N-methyl/N-ethyl adjacent to an activating group) is 1. The Kier molecular flexibility index (Phi) is 13.9. The molecule has 0 bridgehead atoms. The number of ether oxygens (including phenoxy) is 2. The van der Waals surface area contributed by atoms with Gasteiger partial charge in [0.2, 0.25) is 11.5 Å². The summed E-state index contributed by atoms with van der Waals surface area (Å²) in [6.07, 6.45) is 7.11. The van der Waals surface area contributed by atoms with Crippen LogP contribution in [-0.4, -0.2) is 83.6 Å². The summed E-state index contributed by atoms with van der Waals surface area (Å²) in [4.78, 5) is 42.0. The molecule has 6 rings (SSSR count). The number of nitrogens with two attached hydrogens (primary N) is 1. The number of anilines is 1. The lowest BCUT2D eigenvalue weighted by molar-refractivity contribution is -0.137. The molecule has 4 aromatic rings. The standard InChI is InChI=1S/C43H55N5O7/c1-48(23-5-6-28-11-18-34(30-7-3-2-4-8-30)37(24-28)46-43(53)55-33-16-12-31(44)13-17-33)41(52)27-54-32-14-9-29(10-15-32)25-45-26-39(50)35-19-21-38(49)42-36(35)20-22-40(51)47-42/h2-4,7-8,11,18-22,24,29,31-33,39,45,49-50H,5-6,9-10,12-17,23,25-27,44H2,1H3,(H,46,53)(H,47,51)/t29?,31?,32?,33?,39-/m0/s1. The van der Waals surface area contributed by atoms with Crippen molar-refractivity contribution in [3.8, 4) is 16.9 Å². The van der Waals surface area contributed by atoms with Gasteiger partial charge < -0.3 is 40.6 Å². The van der Waals surface area contributed by atoms with E-state index in [1.54, 1.807) is 17.0 Å². The minimum atomic E-state index is -0.797. The van der Waals surface area contributed by atoms with Gasteiger partial charge in [0.15, 0.2) is 0 Å². The van der Waals surface area contributed by atoms with Crippen molar-refractivity contribution in [1.29, 1.82) is 0 Å². The number of nitrogens with one attached hydrogen (secondary N) is 3. The molecule has 0 saturated heterocycles. The number of fused-ring (bicyclic) bond motifs is 1. The van der Waals surface area contributed by atoms with E-state index in [1.807, 2.05) is 49.5 Å². The summed E-state index contributed by atoms with van der Waals surface area (Å²) in [5, 5.41) is 28.0. The van der Waals surface area contributed by atoms with Crippen LogP contribution in [0.15, 0.2) is 77.6 Å². The number of benzene rings is 3. The fourth-order valence-electron chi connectivity index (χ4n) is 7.75. The highest BCUT2D eigenvalue weighted by Crippen LogP contribution is 2.32. The minimum absolute atomic E-state index is 0.0317. The molecule has 0 unspecified atom stereocenters. The maximum atomic E-state index is 13.0. The molecule has 1 atom stereocenters. The molecule has 2 saturated carbocycles. The number of aromatic hydroxyl groups is 1. The topological polar surface area (TPSA) is 179 Å². The number of phenols is 1. The number of carbonyl (C=O) groups excluding carboxylic acids is 2. The highest BCUT2D eigenvalue weighted by atomic mass is 16.6. The highest BCUT2D eigenvalue weighted by molar-refractivity contribution is 5.92. The lowest BCUT2D eigenvalue weighted by Gasteiger charge is -2.29. The van der Waals surface area contributed by atoms with Crippen LogP contribution in [-0.2, 0) is 20.7 Å². The molecule has 2 amide bonds. The van der Waals surface area contributed by atoms with Crippen LogP contribution in [0.1, 0.15) is 75.0 Å². The van der Waals surface area contributed by atoms with Gasteiger partial charge >= 0.3 is 6.09 Å². The molecular weight excluding hydrogens is 699 g/mol. The Morgan fingerprint density at radius 3 is 2.45 bits per heavy atom. The lowest BCUT2D eigenvalue weighted by atomic mass is 9.87. The number of carbonyl (C=O) groups is 2. The summed E-state index contributed by atoms with van der Waals surface area (Å²) in [6, 6.07) is 22.4. The van der Waals surface area contributed by atoms with Crippen molar-refractivity contribution < 1.29 is 29.3 Å². The summed E-state index contributed by atoms with van der Waals surface area (Å²) in [5.74, 6) is 0.366. The summed E-state index contributed by atoms with van der Waals surface area (Å²) in [6.45, 7) is 1.74. The largest absolute Gasteiger partial charge is 0.506 e. The first-order valence-corrected chi connectivity index (χ1v) is 19.6. The molecule has 2 fully saturated rings. The van der Waals surface area contributed by atoms with Gasteiger partial charge in [0.1, 0.15) is 18.5 Å². The summed E-state index contributed by atoms with van der Waals surface area (Å²) < 4.78 is 11.8. The smallest absolute Gasteiger partial charge is 0.411 e. The lowest BCUT2D eigenvalue weighted by Crippen LogP contribution is -2.35. The molecule has 12 heteroatoms. The fourth-order valence-corrected chi connectivity index (χ4v) is 7.75. The molecule has 2 aliphatic carbocycles. The van der Waals surface area contributed by atoms with E-state index in [1.165, 1.54) is 12.1 Å². The molecule has 12 nitrogen and oxygen atoms in total. The number of aliphatic hydroxyl groups is 1. The quantitative estimate of drug-likeness (QED) is 0.0849. The number of phenolic OH excluding ortho intramolecular Hbond substituents is 1. The van der Waals surface area contributed by atoms with E-state index in [0.29, 0.717) is 41.2 Å². The second-order valence-electron chi connectivity index (χ2n) is 15.1. The molecule has 55 heavy (non-hydrogen) atoms. The number of aliphatic hydroxyl groups excluding tert-OH is 1. The number of amides is 2. The molecule has 3 aromatic carbocycles. The SMILES string of the molecule is CN(CCCc1ccc(-c2ccccc2)c(NC(=O)OC2CCC(N)CC2)c1)C(=O)COC1CCC(CNC[C@H](O)c2ccc(O)c3[nH]c(=O)ccc23)CC1. The Bertz CT molecular complexity index is 1940. The Hall–Kier alpha value is -4.75. The monoisotopic (exact) mass is 753 g/mol. The zero-order valence-electron chi connectivity index (χ0n) is 31.7. The zero-order chi connectivity index (χ0) is 38.7. The molecule has 0 spiro atoms. The van der Waals surface area contributed by atoms with Crippen LogP contribution in [0.3, 0.4) is 0 Å². The Labute approximate surface area is 322 Å². The van der Waals surface area contributed by atoms with E-state index in [-0.39, 0.29) is 42.1 Å². The van der Waals surface area contributed by atoms with Crippen LogP contribution in [0.4, 0.5) is 10.5 Å². The predicted octanol–water partition coefficient (Wildman–Crippen LogP) is 6.01. The number of hydrogen-bond acceptors (Lipinski definition) is 9. The third kappa shape index (κ3) is 11.2. The molecule has 1 heterocycles. The second-order valence-corrected chi connectivity index (χ2v) is 15.1. The van der Waals surface area contributed by atoms with Gasteiger partial charge in [0.25, 0.3) is 0 Å². The van der Waals surface area contributed by atoms with Crippen molar-refractivity contribution in [1.82, 2.24) is 15.2 Å². The van der Waals surface area contributed by atoms with Crippen LogP contribution in [0.25, 0.3) is 22.0 Å². The van der Waals surface area contributed by atoms with Gasteiger partial charge in [-0.15, -0.1) is 0 Å². The van der Waals surface area contributed by atoms with Gasteiger partial charge in [0.05, 0.1) is 23.4 Å². The average molecular weight is 754 g/mol. The number of aromatic nitrogens is 1. The predicted molar refractivity (Wildman–Crippen MR) is 214 cm³/mol. The number of H-pyrrole nitrogens is 1. The number of nitrogens with zero attached hydrogens (tertiary/aromatic N) is 1. The number of hydrogen-bond donors (Lipinski definition) is 6. The van der Waals surface area contributed by atoms with Crippen LogP contribution in [0.5, 0.6) is 5.75 Å². The van der Waals surface area contributed by atoms with E-state index in [4.69, 9.17) is 15.2 Å². The van der Waals surface area contributed by atoms with Gasteiger partial charge in [-0.25, -0.2) is 4.79 Å². The fraction of sp³-hybridized carbons (Fsp3) is 0.465. The molecule has 0 aliphatic heterocycles. The first-order chi connectivity index (χ1) is 26.6. The maximum Gasteiger partial charge on any atom is 0.411 e. The summed E-state index contributed by atoms with van der Waals surface area (Å²) in [5.41, 5.74) is 10.3. The molecule has 7 N–H and O–H groups in total. The zero-order valence-corrected chi connectivity index (χ0v) is 31.7. The molecule has 0 radical (unpaired) electrons. The average Bonchev–Trinajstić information content (AvgIpc) is 3.19. The van der Waals surface area contributed by atoms with Crippen molar-refractivity contribution in [2.24, 2.45) is 11.7 Å². The van der Waals surface area contributed by atoms with Crippen molar-refractivity contribution >= 4 is 28.6 Å². The van der Waals surface area contributed by atoms with Gasteiger partial charge in [-0.05, 0) is 112 Å². The normalized spacial score (nSPS) is 20.5. The minimum Gasteiger partial charge on any atom is -0.506 e. The van der Waals surface area contributed by atoms with Crippen LogP contribution >= 0.6 is 0 Å². The first kappa shape index (κ1) is 39.9. The summed E-state index contributed by atoms with van der Waals surface area (Å²) >= 11 is 0. The molecule has 294 valence electrons. The van der Waals surface area contributed by atoms with Crippen molar-refractivity contribution in [2.45, 2.75) is 88.6 Å². The Balaban J connectivity index is 0.902. The van der Waals surface area contributed by atoms with Crippen molar-refractivity contribution in [3.05, 3.63) is 94.3 Å². The van der Waals surface area contributed by atoms with Crippen molar-refractivity contribution in [2.75, 3.05) is 38.6 Å². The van der Waals surface area contributed by atoms with E-state index < -0.39 is 12.2 Å². The Morgan fingerprint density at radius 2 is 1.69 bits per heavy atom. The van der Waals surface area contributed by atoms with Gasteiger partial charge in [-0.1, -0.05) is 48.5 Å². The van der Waals surface area contributed by atoms with Crippen LogP contribution in [0.2, 0.25) is 0 Å². The first-order valence-electron chi connectivity index (χ1n) is 19.6. The van der Waals surface area contributed by atoms with Gasteiger partial charge in [-0.3, -0.25) is 14.9 Å². The number of rotatable bonds is 15. The summed E-state index contributed by atoms with van der Waals surface area (Å²) in [7, 11) is 1.81. The van der Waals surface area contributed by atoms with E-state index in [2.05, 4.69) is 21.7 Å². The molecule has 2 aliphatic rings. The van der Waals surface area contributed by atoms with Gasteiger partial charge in [0, 0.05) is 43.2 Å². The Morgan fingerprint density at radius 1 is 0.945 bits per heavy atom. The second kappa shape index (κ2) is 19.2. The van der Waals surface area contributed by atoms with Crippen molar-refractivity contribution in [3.63, 3.8) is 0 Å². The van der Waals surface area contributed by atoms with Crippen LogP contribution < -0.4 is 21.9 Å². The number of pyridine rings is 1. The van der Waals surface area contributed by atoms with Gasteiger partial charge in [-0.2, -0.15) is 0 Å². The van der Waals surface area contributed by atoms with E-state index >= 15 is 0 Å². The number of aryl methyl sites for hydroxylation is 1. The molecule has 1 aromatic heterocycles. The maximum absolute atomic E-state index is 13.0. The van der Waals surface area contributed by atoms with E-state index in [9.17, 15) is 24.6 Å². The third-order valence-corrected chi connectivity index (χ3v) is 11.1. The highest BCUT2D eigenvalue weighted by Gasteiger charge is 2.24.